The molecule has 0 spiro atoms. The van der Waals surface area contributed by atoms with Gasteiger partial charge in [0.1, 0.15) is 5.75 Å². The molecule has 0 N–H and O–H groups in total. The van der Waals surface area contributed by atoms with E-state index in [1.54, 1.807) is 28.2 Å². The minimum Gasteiger partial charge on any atom is -0.492 e. The van der Waals surface area contributed by atoms with E-state index in [9.17, 15) is 9.59 Å². The van der Waals surface area contributed by atoms with Crippen molar-refractivity contribution in [1.29, 1.82) is 0 Å². The Kier molecular flexibility index (Phi) is 5.51. The lowest BCUT2D eigenvalue weighted by molar-refractivity contribution is -0.135. The number of para-hydroxylation sites is 2. The lowest BCUT2D eigenvalue weighted by Crippen LogP contribution is -2.34. The largest absolute Gasteiger partial charge is 0.492 e. The lowest BCUT2D eigenvalue weighted by Gasteiger charge is -2.22. The Labute approximate surface area is 179 Å². The number of benzene rings is 1. The molecular weight excluding hydrogens is 400 g/mol. The summed E-state index contributed by atoms with van der Waals surface area (Å²) in [7, 11) is 1.79. The van der Waals surface area contributed by atoms with Gasteiger partial charge in [0.05, 0.1) is 36.1 Å². The van der Waals surface area contributed by atoms with Gasteiger partial charge in [0.25, 0.3) is 0 Å². The number of imidazole rings is 1. The second-order valence-electron chi connectivity index (χ2n) is 7.64. The minimum atomic E-state index is -0.370. The Bertz CT molecular complexity index is 1100. The van der Waals surface area contributed by atoms with Gasteiger partial charge in [-0.3, -0.25) is 14.0 Å². The van der Waals surface area contributed by atoms with Crippen LogP contribution in [0.15, 0.2) is 30.5 Å². The van der Waals surface area contributed by atoms with E-state index in [0.29, 0.717) is 25.4 Å². The Morgan fingerprint density at radius 1 is 1.33 bits per heavy atom. The standard InChI is InChI=1S/C22H26N4O3S/c1-5-29-19-9-7-6-8-17(19)25-12-16(10-20(25)27)21(28)24(4)13-18-15(3)23-22-26(18)11-14(2)30-22/h6-9,11,16H,5,10,12-13H2,1-4H3. The molecule has 2 amide bonds. The number of ether oxygens (including phenoxy) is 1. The van der Waals surface area contributed by atoms with Gasteiger partial charge in [0.15, 0.2) is 4.96 Å². The van der Waals surface area contributed by atoms with Crippen LogP contribution in [0.25, 0.3) is 4.96 Å². The Balaban J connectivity index is 1.50. The lowest BCUT2D eigenvalue weighted by atomic mass is 10.1. The van der Waals surface area contributed by atoms with Crippen LogP contribution in [0.2, 0.25) is 0 Å². The molecule has 3 heterocycles. The Morgan fingerprint density at radius 3 is 2.87 bits per heavy atom. The van der Waals surface area contributed by atoms with Gasteiger partial charge in [0.2, 0.25) is 11.8 Å². The van der Waals surface area contributed by atoms with Crippen molar-refractivity contribution in [2.45, 2.75) is 33.7 Å². The van der Waals surface area contributed by atoms with Crippen molar-refractivity contribution in [2.75, 3.05) is 25.1 Å². The molecule has 1 aromatic carbocycles. The van der Waals surface area contributed by atoms with E-state index < -0.39 is 0 Å². The molecule has 1 atom stereocenters. The molecule has 1 aliphatic rings. The first kappa shape index (κ1) is 20.4. The fourth-order valence-electron chi connectivity index (χ4n) is 3.98. The highest BCUT2D eigenvalue weighted by Gasteiger charge is 2.37. The molecule has 7 nitrogen and oxygen atoms in total. The van der Waals surface area contributed by atoms with Crippen molar-refractivity contribution in [3.8, 4) is 5.75 Å². The molecule has 158 valence electrons. The SMILES string of the molecule is CCOc1ccccc1N1CC(C(=O)N(C)Cc2c(C)nc3sc(C)cn23)CC1=O. The first-order valence-electron chi connectivity index (χ1n) is 10.1. The highest BCUT2D eigenvalue weighted by molar-refractivity contribution is 7.17. The van der Waals surface area contributed by atoms with Crippen LogP contribution < -0.4 is 9.64 Å². The normalized spacial score (nSPS) is 16.5. The van der Waals surface area contributed by atoms with Crippen LogP contribution in [-0.4, -0.2) is 46.3 Å². The molecule has 1 saturated heterocycles. The van der Waals surface area contributed by atoms with Crippen molar-refractivity contribution >= 4 is 33.8 Å². The third kappa shape index (κ3) is 3.67. The highest BCUT2D eigenvalue weighted by atomic mass is 32.1. The third-order valence-corrected chi connectivity index (χ3v) is 6.33. The second kappa shape index (κ2) is 8.10. The van der Waals surface area contributed by atoms with Crippen LogP contribution in [0, 0.1) is 19.8 Å². The van der Waals surface area contributed by atoms with Gasteiger partial charge in [0, 0.05) is 31.1 Å². The summed E-state index contributed by atoms with van der Waals surface area (Å²) in [4.78, 5) is 36.0. The zero-order valence-electron chi connectivity index (χ0n) is 17.7. The molecule has 3 aromatic rings. The Morgan fingerprint density at radius 2 is 2.10 bits per heavy atom. The average Bonchev–Trinajstić information content (AvgIpc) is 3.35. The maximum atomic E-state index is 13.1. The zero-order chi connectivity index (χ0) is 21.4. The summed E-state index contributed by atoms with van der Waals surface area (Å²) in [6, 6.07) is 7.48. The van der Waals surface area contributed by atoms with E-state index in [1.807, 2.05) is 45.0 Å². The molecule has 1 unspecified atom stereocenters. The van der Waals surface area contributed by atoms with Crippen LogP contribution in [0.5, 0.6) is 5.75 Å². The van der Waals surface area contributed by atoms with Crippen LogP contribution in [-0.2, 0) is 16.1 Å². The topological polar surface area (TPSA) is 67.2 Å². The summed E-state index contributed by atoms with van der Waals surface area (Å²) in [6.07, 6.45) is 2.27. The molecular formula is C22H26N4O3S. The van der Waals surface area contributed by atoms with Gasteiger partial charge in [-0.25, -0.2) is 4.98 Å². The van der Waals surface area contributed by atoms with Crippen molar-refractivity contribution in [3.05, 3.63) is 46.7 Å². The number of aromatic nitrogens is 2. The fraction of sp³-hybridized carbons (Fsp3) is 0.409. The van der Waals surface area contributed by atoms with Crippen molar-refractivity contribution in [3.63, 3.8) is 0 Å². The van der Waals surface area contributed by atoms with Crippen molar-refractivity contribution in [1.82, 2.24) is 14.3 Å². The predicted octanol–water partition coefficient (Wildman–Crippen LogP) is 3.42. The number of anilines is 1. The summed E-state index contributed by atoms with van der Waals surface area (Å²) in [5.74, 6) is 0.219. The molecule has 2 aromatic heterocycles. The van der Waals surface area contributed by atoms with E-state index >= 15 is 0 Å². The smallest absolute Gasteiger partial charge is 0.228 e. The average molecular weight is 427 g/mol. The number of carbonyl (C=O) groups excluding carboxylic acids is 2. The predicted molar refractivity (Wildman–Crippen MR) is 117 cm³/mol. The van der Waals surface area contributed by atoms with E-state index in [-0.39, 0.29) is 24.2 Å². The molecule has 30 heavy (non-hydrogen) atoms. The number of thiazole rings is 1. The molecule has 4 rings (SSSR count). The van der Waals surface area contributed by atoms with E-state index in [1.165, 1.54) is 4.88 Å². The molecule has 0 radical (unpaired) electrons. The van der Waals surface area contributed by atoms with E-state index in [0.717, 1.165) is 22.0 Å². The number of nitrogens with zero attached hydrogens (tertiary/aromatic N) is 4. The molecule has 8 heteroatoms. The van der Waals surface area contributed by atoms with Crippen LogP contribution >= 0.6 is 11.3 Å². The number of rotatable bonds is 6. The summed E-state index contributed by atoms with van der Waals surface area (Å²) in [6.45, 7) is 7.27. The van der Waals surface area contributed by atoms with Crippen LogP contribution in [0.1, 0.15) is 29.6 Å². The van der Waals surface area contributed by atoms with Gasteiger partial charge in [-0.15, -0.1) is 11.3 Å². The summed E-state index contributed by atoms with van der Waals surface area (Å²) >= 11 is 1.64. The van der Waals surface area contributed by atoms with Crippen LogP contribution in [0.4, 0.5) is 5.69 Å². The van der Waals surface area contributed by atoms with Crippen LogP contribution in [0.3, 0.4) is 0 Å². The monoisotopic (exact) mass is 426 g/mol. The number of amides is 2. The van der Waals surface area contributed by atoms with Gasteiger partial charge in [-0.1, -0.05) is 12.1 Å². The summed E-state index contributed by atoms with van der Waals surface area (Å²) < 4.78 is 7.73. The van der Waals surface area contributed by atoms with Gasteiger partial charge in [-0.05, 0) is 32.9 Å². The van der Waals surface area contributed by atoms with Gasteiger partial charge in [-0.2, -0.15) is 0 Å². The second-order valence-corrected chi connectivity index (χ2v) is 8.85. The van der Waals surface area contributed by atoms with Crippen molar-refractivity contribution < 1.29 is 14.3 Å². The quantitative estimate of drug-likeness (QED) is 0.606. The Hall–Kier alpha value is -2.87. The van der Waals surface area contributed by atoms with E-state index in [4.69, 9.17) is 4.74 Å². The number of fused-ring (bicyclic) bond motifs is 1. The van der Waals surface area contributed by atoms with Gasteiger partial charge < -0.3 is 14.5 Å². The number of aryl methyl sites for hydroxylation is 2. The van der Waals surface area contributed by atoms with Crippen molar-refractivity contribution in [2.24, 2.45) is 5.92 Å². The number of hydrogen-bond acceptors (Lipinski definition) is 5. The zero-order valence-corrected chi connectivity index (χ0v) is 18.5. The van der Waals surface area contributed by atoms with E-state index in [2.05, 4.69) is 15.6 Å². The highest BCUT2D eigenvalue weighted by Crippen LogP contribution is 2.33. The third-order valence-electron chi connectivity index (χ3n) is 5.43. The molecule has 0 aliphatic carbocycles. The first-order valence-corrected chi connectivity index (χ1v) is 10.9. The molecule has 1 aliphatic heterocycles. The van der Waals surface area contributed by atoms with Gasteiger partial charge >= 0.3 is 0 Å². The number of hydrogen-bond donors (Lipinski definition) is 0. The summed E-state index contributed by atoms with van der Waals surface area (Å²) in [5, 5.41) is 0. The first-order chi connectivity index (χ1) is 14.4. The molecule has 0 saturated carbocycles. The number of carbonyl (C=O) groups is 2. The molecule has 0 bridgehead atoms. The fourth-order valence-corrected chi connectivity index (χ4v) is 4.87. The maximum absolute atomic E-state index is 13.1. The maximum Gasteiger partial charge on any atom is 0.228 e. The summed E-state index contributed by atoms with van der Waals surface area (Å²) in [5.41, 5.74) is 2.66. The molecule has 1 fully saturated rings. The minimum absolute atomic E-state index is 0.0268.